The van der Waals surface area contributed by atoms with Crippen LogP contribution in [-0.4, -0.2) is 57.1 Å². The van der Waals surface area contributed by atoms with Crippen LogP contribution in [-0.2, 0) is 9.53 Å². The van der Waals surface area contributed by atoms with Gasteiger partial charge in [-0.2, -0.15) is 0 Å². The van der Waals surface area contributed by atoms with Crippen LogP contribution in [0.15, 0.2) is 0 Å². The van der Waals surface area contributed by atoms with Gasteiger partial charge in [0.05, 0.1) is 18.8 Å². The summed E-state index contributed by atoms with van der Waals surface area (Å²) in [5.74, 6) is 0. The molecule has 4 nitrogen and oxygen atoms in total. The second kappa shape index (κ2) is 5.32. The summed E-state index contributed by atoms with van der Waals surface area (Å²) < 4.78 is 5.58. The van der Waals surface area contributed by atoms with E-state index in [0.717, 1.165) is 25.8 Å². The number of carbonyl (C=O) groups is 1. The number of aldehydes is 1. The van der Waals surface area contributed by atoms with Gasteiger partial charge in [0.2, 0.25) is 0 Å². The van der Waals surface area contributed by atoms with Crippen LogP contribution in [0.2, 0.25) is 0 Å². The molecule has 1 N–H and O–H groups in total. The fourth-order valence-corrected chi connectivity index (χ4v) is 1.41. The van der Waals surface area contributed by atoms with Gasteiger partial charge in [-0.05, 0) is 27.1 Å². The number of likely N-dealkylation sites (N-methyl/N-ethyl adjacent to an activating group) is 1. The molecular weight excluding hydrogens is 168 g/mol. The summed E-state index contributed by atoms with van der Waals surface area (Å²) in [6.45, 7) is 2.49. The first-order valence-electron chi connectivity index (χ1n) is 4.69. The normalized spacial score (nSPS) is 28.2. The third-order valence-corrected chi connectivity index (χ3v) is 2.23. The van der Waals surface area contributed by atoms with E-state index in [9.17, 15) is 4.79 Å². The Morgan fingerprint density at radius 1 is 1.62 bits per heavy atom. The van der Waals surface area contributed by atoms with Gasteiger partial charge in [0.1, 0.15) is 6.29 Å². The SMILES string of the molecule is CN(C)CCOC1CCNC1C=O. The molecule has 1 heterocycles. The van der Waals surface area contributed by atoms with Gasteiger partial charge in [-0.3, -0.25) is 0 Å². The predicted octanol–water partition coefficient (Wildman–Crippen LogP) is -0.506. The molecular formula is C9H18N2O2. The van der Waals surface area contributed by atoms with Crippen molar-refractivity contribution in [3.8, 4) is 0 Å². The van der Waals surface area contributed by atoms with E-state index >= 15 is 0 Å². The minimum Gasteiger partial charge on any atom is -0.375 e. The highest BCUT2D eigenvalue weighted by atomic mass is 16.5. The van der Waals surface area contributed by atoms with Crippen molar-refractivity contribution < 1.29 is 9.53 Å². The first-order chi connectivity index (χ1) is 6.24. The molecule has 1 rings (SSSR count). The van der Waals surface area contributed by atoms with Crippen molar-refractivity contribution in [3.05, 3.63) is 0 Å². The summed E-state index contributed by atoms with van der Waals surface area (Å²) in [6, 6.07) is -0.0952. The molecule has 0 saturated carbocycles. The molecule has 0 aliphatic carbocycles. The standard InChI is InChI=1S/C9H18N2O2/c1-11(2)5-6-13-9-3-4-10-8(9)7-12/h7-10H,3-6H2,1-2H3. The van der Waals surface area contributed by atoms with Crippen LogP contribution in [0.1, 0.15) is 6.42 Å². The van der Waals surface area contributed by atoms with Gasteiger partial charge >= 0.3 is 0 Å². The summed E-state index contributed by atoms with van der Waals surface area (Å²) in [5.41, 5.74) is 0. The maximum absolute atomic E-state index is 10.6. The zero-order valence-electron chi connectivity index (χ0n) is 8.32. The van der Waals surface area contributed by atoms with Crippen molar-refractivity contribution in [2.24, 2.45) is 0 Å². The smallest absolute Gasteiger partial charge is 0.139 e. The highest BCUT2D eigenvalue weighted by Gasteiger charge is 2.26. The van der Waals surface area contributed by atoms with Crippen LogP contribution >= 0.6 is 0 Å². The highest BCUT2D eigenvalue weighted by Crippen LogP contribution is 2.09. The zero-order chi connectivity index (χ0) is 9.68. The van der Waals surface area contributed by atoms with Gasteiger partial charge in [-0.1, -0.05) is 0 Å². The molecule has 1 aliphatic rings. The first-order valence-corrected chi connectivity index (χ1v) is 4.69. The summed E-state index contributed by atoms with van der Waals surface area (Å²) in [4.78, 5) is 12.6. The van der Waals surface area contributed by atoms with Crippen molar-refractivity contribution in [1.82, 2.24) is 10.2 Å². The molecule has 0 radical (unpaired) electrons. The molecule has 0 aromatic heterocycles. The lowest BCUT2D eigenvalue weighted by Crippen LogP contribution is -2.34. The second-order valence-electron chi connectivity index (χ2n) is 3.62. The number of carbonyl (C=O) groups excluding carboxylic acids is 1. The Bertz CT molecular complexity index is 162. The maximum Gasteiger partial charge on any atom is 0.139 e. The van der Waals surface area contributed by atoms with Crippen LogP contribution in [0, 0.1) is 0 Å². The van der Waals surface area contributed by atoms with E-state index in [4.69, 9.17) is 4.74 Å². The lowest BCUT2D eigenvalue weighted by atomic mass is 10.2. The molecule has 1 fully saturated rings. The quantitative estimate of drug-likeness (QED) is 0.587. The van der Waals surface area contributed by atoms with E-state index in [1.54, 1.807) is 0 Å². The molecule has 2 atom stereocenters. The van der Waals surface area contributed by atoms with Crippen molar-refractivity contribution in [3.63, 3.8) is 0 Å². The van der Waals surface area contributed by atoms with E-state index in [-0.39, 0.29) is 12.1 Å². The van der Waals surface area contributed by atoms with E-state index in [1.165, 1.54) is 0 Å². The number of hydrogen-bond donors (Lipinski definition) is 1. The van der Waals surface area contributed by atoms with E-state index in [2.05, 4.69) is 10.2 Å². The number of rotatable bonds is 5. The minimum atomic E-state index is -0.0952. The van der Waals surface area contributed by atoms with E-state index in [0.29, 0.717) is 6.61 Å². The maximum atomic E-state index is 10.6. The zero-order valence-corrected chi connectivity index (χ0v) is 8.32. The number of nitrogens with one attached hydrogen (secondary N) is 1. The molecule has 0 aromatic rings. The number of hydrogen-bond acceptors (Lipinski definition) is 4. The fourth-order valence-electron chi connectivity index (χ4n) is 1.41. The van der Waals surface area contributed by atoms with Crippen LogP contribution in [0.5, 0.6) is 0 Å². The van der Waals surface area contributed by atoms with Crippen LogP contribution in [0.4, 0.5) is 0 Å². The molecule has 1 aliphatic heterocycles. The number of ether oxygens (including phenoxy) is 1. The van der Waals surface area contributed by atoms with Gasteiger partial charge in [-0.15, -0.1) is 0 Å². The molecule has 0 spiro atoms. The average Bonchev–Trinajstić information content (AvgIpc) is 2.51. The highest BCUT2D eigenvalue weighted by molar-refractivity contribution is 5.59. The molecule has 76 valence electrons. The lowest BCUT2D eigenvalue weighted by Gasteiger charge is -2.16. The van der Waals surface area contributed by atoms with Gasteiger partial charge in [0.25, 0.3) is 0 Å². The van der Waals surface area contributed by atoms with Gasteiger partial charge in [0.15, 0.2) is 0 Å². The third kappa shape index (κ3) is 3.42. The molecule has 13 heavy (non-hydrogen) atoms. The minimum absolute atomic E-state index is 0.0810. The Morgan fingerprint density at radius 2 is 2.38 bits per heavy atom. The predicted molar refractivity (Wildman–Crippen MR) is 50.8 cm³/mol. The Hall–Kier alpha value is -0.450. The summed E-state index contributed by atoms with van der Waals surface area (Å²) in [6.07, 6.45) is 1.96. The Labute approximate surface area is 79.2 Å². The number of nitrogens with zero attached hydrogens (tertiary/aromatic N) is 1. The summed E-state index contributed by atoms with van der Waals surface area (Å²) >= 11 is 0. The summed E-state index contributed by atoms with van der Waals surface area (Å²) in [7, 11) is 4.01. The van der Waals surface area contributed by atoms with Gasteiger partial charge in [-0.25, -0.2) is 0 Å². The monoisotopic (exact) mass is 186 g/mol. The molecule has 0 aromatic carbocycles. The van der Waals surface area contributed by atoms with Crippen LogP contribution in [0.3, 0.4) is 0 Å². The van der Waals surface area contributed by atoms with Gasteiger partial charge < -0.3 is 19.7 Å². The van der Waals surface area contributed by atoms with Crippen molar-refractivity contribution in [2.75, 3.05) is 33.8 Å². The Kier molecular flexibility index (Phi) is 4.35. The molecule has 0 amide bonds. The Morgan fingerprint density at radius 3 is 3.00 bits per heavy atom. The first kappa shape index (κ1) is 10.6. The van der Waals surface area contributed by atoms with Crippen LogP contribution in [0.25, 0.3) is 0 Å². The third-order valence-electron chi connectivity index (χ3n) is 2.23. The van der Waals surface area contributed by atoms with Crippen LogP contribution < -0.4 is 5.32 Å². The lowest BCUT2D eigenvalue weighted by molar-refractivity contribution is -0.112. The van der Waals surface area contributed by atoms with Crippen molar-refractivity contribution in [2.45, 2.75) is 18.6 Å². The molecule has 4 heteroatoms. The fraction of sp³-hybridized carbons (Fsp3) is 0.889. The second-order valence-corrected chi connectivity index (χ2v) is 3.62. The topological polar surface area (TPSA) is 41.6 Å². The van der Waals surface area contributed by atoms with E-state index in [1.807, 2.05) is 14.1 Å². The molecule has 1 saturated heterocycles. The van der Waals surface area contributed by atoms with Gasteiger partial charge in [0, 0.05) is 6.54 Å². The molecule has 2 unspecified atom stereocenters. The van der Waals surface area contributed by atoms with Crippen molar-refractivity contribution >= 4 is 6.29 Å². The Balaban J connectivity index is 2.16. The molecule has 0 bridgehead atoms. The summed E-state index contributed by atoms with van der Waals surface area (Å²) in [5, 5.41) is 3.09. The van der Waals surface area contributed by atoms with E-state index < -0.39 is 0 Å². The van der Waals surface area contributed by atoms with Crippen molar-refractivity contribution in [1.29, 1.82) is 0 Å². The average molecular weight is 186 g/mol. The largest absolute Gasteiger partial charge is 0.375 e.